The molecule has 0 aromatic heterocycles. The minimum absolute atomic E-state index is 0.293. The summed E-state index contributed by atoms with van der Waals surface area (Å²) in [7, 11) is 0. The number of nitrogens with one attached hydrogen (secondary N) is 1. The van der Waals surface area contributed by atoms with E-state index < -0.39 is 0 Å². The van der Waals surface area contributed by atoms with Crippen LogP contribution in [0.25, 0.3) is 0 Å². The molecule has 1 N–H and O–H groups in total. The third-order valence-electron chi connectivity index (χ3n) is 3.32. The SMILES string of the molecule is CSCCCCN=C1NC2(CCOCC2)CS1. The van der Waals surface area contributed by atoms with Crippen LogP contribution < -0.4 is 5.32 Å². The molecule has 0 atom stereocenters. The number of nitrogens with zero attached hydrogens (tertiary/aromatic N) is 1. The number of thioether (sulfide) groups is 2. The van der Waals surface area contributed by atoms with Gasteiger partial charge < -0.3 is 10.1 Å². The number of aliphatic imine (C=N–C) groups is 1. The number of unbranched alkanes of at least 4 members (excludes halogenated alkanes) is 1. The molecular weight excluding hydrogens is 252 g/mol. The molecule has 0 saturated carbocycles. The Hall–Kier alpha value is 0.130. The van der Waals surface area contributed by atoms with Crippen LogP contribution in [0, 0.1) is 0 Å². The average molecular weight is 274 g/mol. The lowest BCUT2D eigenvalue weighted by Gasteiger charge is -2.32. The van der Waals surface area contributed by atoms with E-state index in [9.17, 15) is 0 Å². The number of rotatable bonds is 5. The monoisotopic (exact) mass is 274 g/mol. The molecule has 0 unspecified atom stereocenters. The molecule has 2 aliphatic heterocycles. The zero-order valence-corrected chi connectivity index (χ0v) is 12.2. The quantitative estimate of drug-likeness (QED) is 0.780. The van der Waals surface area contributed by atoms with Crippen LogP contribution in [0.2, 0.25) is 0 Å². The van der Waals surface area contributed by atoms with E-state index in [2.05, 4.69) is 16.6 Å². The Balaban J connectivity index is 1.71. The van der Waals surface area contributed by atoms with Crippen molar-refractivity contribution in [1.82, 2.24) is 5.32 Å². The Morgan fingerprint density at radius 3 is 3.00 bits per heavy atom. The summed E-state index contributed by atoms with van der Waals surface area (Å²) < 4.78 is 5.43. The van der Waals surface area contributed by atoms with Gasteiger partial charge in [-0.05, 0) is 37.7 Å². The maximum absolute atomic E-state index is 5.43. The smallest absolute Gasteiger partial charge is 0.157 e. The first-order valence-electron chi connectivity index (χ1n) is 6.37. The van der Waals surface area contributed by atoms with E-state index in [4.69, 9.17) is 4.74 Å². The van der Waals surface area contributed by atoms with Crippen LogP contribution in [0.5, 0.6) is 0 Å². The third kappa shape index (κ3) is 4.07. The average Bonchev–Trinajstić information content (AvgIpc) is 2.73. The largest absolute Gasteiger partial charge is 0.381 e. The van der Waals surface area contributed by atoms with Crippen LogP contribution in [0.15, 0.2) is 4.99 Å². The first-order chi connectivity index (χ1) is 8.35. The molecule has 17 heavy (non-hydrogen) atoms. The number of amidine groups is 1. The highest BCUT2D eigenvalue weighted by atomic mass is 32.2. The van der Waals surface area contributed by atoms with E-state index >= 15 is 0 Å². The van der Waals surface area contributed by atoms with E-state index in [-0.39, 0.29) is 0 Å². The fourth-order valence-electron chi connectivity index (χ4n) is 2.16. The molecule has 5 heteroatoms. The van der Waals surface area contributed by atoms with Crippen molar-refractivity contribution in [3.63, 3.8) is 0 Å². The second kappa shape index (κ2) is 6.90. The first kappa shape index (κ1) is 13.6. The molecule has 2 fully saturated rings. The predicted molar refractivity (Wildman–Crippen MR) is 78.3 cm³/mol. The van der Waals surface area contributed by atoms with Gasteiger partial charge in [0.25, 0.3) is 0 Å². The second-order valence-corrected chi connectivity index (χ2v) is 6.64. The highest BCUT2D eigenvalue weighted by Crippen LogP contribution is 2.31. The van der Waals surface area contributed by atoms with Gasteiger partial charge in [0.2, 0.25) is 0 Å². The minimum Gasteiger partial charge on any atom is -0.381 e. The minimum atomic E-state index is 0.293. The van der Waals surface area contributed by atoms with Crippen molar-refractivity contribution in [2.24, 2.45) is 4.99 Å². The molecule has 0 bridgehead atoms. The maximum atomic E-state index is 5.43. The summed E-state index contributed by atoms with van der Waals surface area (Å²) in [6, 6.07) is 0. The molecule has 0 aliphatic carbocycles. The van der Waals surface area contributed by atoms with Crippen LogP contribution in [0.4, 0.5) is 0 Å². The van der Waals surface area contributed by atoms with Gasteiger partial charge in [0.05, 0.1) is 5.54 Å². The maximum Gasteiger partial charge on any atom is 0.157 e. The Kier molecular flexibility index (Phi) is 5.50. The number of hydrogen-bond acceptors (Lipinski definition) is 4. The van der Waals surface area contributed by atoms with Gasteiger partial charge in [-0.1, -0.05) is 11.8 Å². The van der Waals surface area contributed by atoms with Gasteiger partial charge in [0.15, 0.2) is 5.17 Å². The molecule has 0 radical (unpaired) electrons. The Morgan fingerprint density at radius 2 is 2.24 bits per heavy atom. The summed E-state index contributed by atoms with van der Waals surface area (Å²) in [5.74, 6) is 2.42. The van der Waals surface area contributed by atoms with Crippen molar-refractivity contribution < 1.29 is 4.74 Å². The molecule has 2 heterocycles. The fourth-order valence-corrected chi connectivity index (χ4v) is 3.90. The summed E-state index contributed by atoms with van der Waals surface area (Å²) in [6.07, 6.45) is 6.91. The highest BCUT2D eigenvalue weighted by molar-refractivity contribution is 8.14. The topological polar surface area (TPSA) is 33.6 Å². The molecule has 0 aromatic rings. The fraction of sp³-hybridized carbons (Fsp3) is 0.917. The normalized spacial score (nSPS) is 25.4. The third-order valence-corrected chi connectivity index (χ3v) is 5.22. The summed E-state index contributed by atoms with van der Waals surface area (Å²) in [4.78, 5) is 4.66. The van der Waals surface area contributed by atoms with Crippen LogP contribution in [0.1, 0.15) is 25.7 Å². The van der Waals surface area contributed by atoms with Crippen molar-refractivity contribution in [3.05, 3.63) is 0 Å². The van der Waals surface area contributed by atoms with E-state index in [0.717, 1.165) is 37.8 Å². The Morgan fingerprint density at radius 1 is 1.41 bits per heavy atom. The molecule has 1 spiro atoms. The molecule has 2 aliphatic rings. The summed E-state index contributed by atoms with van der Waals surface area (Å²) in [5, 5.41) is 4.79. The lowest BCUT2D eigenvalue weighted by Crippen LogP contribution is -2.48. The molecular formula is C12H22N2OS2. The van der Waals surface area contributed by atoms with Crippen LogP contribution in [0.3, 0.4) is 0 Å². The zero-order chi connectivity index (χ0) is 12.0. The van der Waals surface area contributed by atoms with Gasteiger partial charge in [0.1, 0.15) is 0 Å². The predicted octanol–water partition coefficient (Wildman–Crippen LogP) is 2.37. The van der Waals surface area contributed by atoms with Gasteiger partial charge in [-0.3, -0.25) is 4.99 Å². The highest BCUT2D eigenvalue weighted by Gasteiger charge is 2.38. The van der Waals surface area contributed by atoms with Crippen molar-refractivity contribution in [2.75, 3.05) is 37.5 Å². The van der Waals surface area contributed by atoms with Crippen molar-refractivity contribution in [2.45, 2.75) is 31.2 Å². The molecule has 3 nitrogen and oxygen atoms in total. The summed E-state index contributed by atoms with van der Waals surface area (Å²) in [5.41, 5.74) is 0.293. The Bertz CT molecular complexity index is 265. The number of hydrogen-bond donors (Lipinski definition) is 1. The van der Waals surface area contributed by atoms with Crippen molar-refractivity contribution >= 4 is 28.7 Å². The van der Waals surface area contributed by atoms with E-state index in [0.29, 0.717) is 5.54 Å². The van der Waals surface area contributed by atoms with Crippen molar-refractivity contribution in [1.29, 1.82) is 0 Å². The van der Waals surface area contributed by atoms with Crippen LogP contribution >= 0.6 is 23.5 Å². The van der Waals surface area contributed by atoms with E-state index in [1.807, 2.05) is 23.5 Å². The summed E-state index contributed by atoms with van der Waals surface area (Å²) >= 11 is 3.81. The van der Waals surface area contributed by atoms with Gasteiger partial charge in [-0.15, -0.1) is 0 Å². The summed E-state index contributed by atoms with van der Waals surface area (Å²) in [6.45, 7) is 2.77. The van der Waals surface area contributed by atoms with E-state index in [1.165, 1.54) is 24.3 Å². The second-order valence-electron chi connectivity index (χ2n) is 4.69. The van der Waals surface area contributed by atoms with Gasteiger partial charge in [-0.25, -0.2) is 0 Å². The van der Waals surface area contributed by atoms with E-state index in [1.54, 1.807) is 0 Å². The van der Waals surface area contributed by atoms with Crippen LogP contribution in [-0.4, -0.2) is 48.2 Å². The standard InChI is InChI=1S/C12H22N2OS2/c1-16-9-3-2-6-13-11-14-12(10-17-11)4-7-15-8-5-12/h2-10H2,1H3,(H,13,14). The van der Waals surface area contributed by atoms with Crippen molar-refractivity contribution in [3.8, 4) is 0 Å². The molecule has 2 saturated heterocycles. The first-order valence-corrected chi connectivity index (χ1v) is 8.75. The van der Waals surface area contributed by atoms with Gasteiger partial charge in [0, 0.05) is 25.5 Å². The van der Waals surface area contributed by atoms with Gasteiger partial charge in [-0.2, -0.15) is 11.8 Å². The van der Waals surface area contributed by atoms with Gasteiger partial charge >= 0.3 is 0 Å². The molecule has 0 aromatic carbocycles. The Labute approximate surface area is 113 Å². The molecule has 2 rings (SSSR count). The van der Waals surface area contributed by atoms with Crippen LogP contribution in [-0.2, 0) is 4.74 Å². The molecule has 0 amide bonds. The number of ether oxygens (including phenoxy) is 1. The lowest BCUT2D eigenvalue weighted by molar-refractivity contribution is 0.0555. The molecule has 98 valence electrons. The lowest BCUT2D eigenvalue weighted by atomic mass is 9.93. The zero-order valence-electron chi connectivity index (χ0n) is 10.5.